The van der Waals surface area contributed by atoms with Crippen LogP contribution in [0.25, 0.3) is 0 Å². The van der Waals surface area contributed by atoms with Gasteiger partial charge in [-0.25, -0.2) is 0 Å². The second kappa shape index (κ2) is 12.8. The van der Waals surface area contributed by atoms with Crippen molar-refractivity contribution in [2.75, 3.05) is 7.05 Å². The fourth-order valence-electron chi connectivity index (χ4n) is 2.05. The minimum atomic E-state index is 0.518. The van der Waals surface area contributed by atoms with Crippen LogP contribution in [-0.4, -0.2) is 13.1 Å². The Hall–Kier alpha value is -0.300. The molecule has 0 aromatic heterocycles. The largest absolute Gasteiger partial charge is 0.314 e. The van der Waals surface area contributed by atoms with Gasteiger partial charge in [-0.1, -0.05) is 70.8 Å². The fourth-order valence-corrected chi connectivity index (χ4v) is 2.05. The molecule has 96 valence electrons. The summed E-state index contributed by atoms with van der Waals surface area (Å²) in [7, 11) is 2.01. The monoisotopic (exact) mass is 225 g/mol. The fraction of sp³-hybridized carbons (Fsp3) is 0.867. The average Bonchev–Trinajstić information content (AvgIpc) is 2.32. The summed E-state index contributed by atoms with van der Waals surface area (Å²) in [6.07, 6.45) is 15.9. The third-order valence-electron chi connectivity index (χ3n) is 3.27. The van der Waals surface area contributed by atoms with E-state index in [1.165, 1.54) is 64.2 Å². The lowest BCUT2D eigenvalue weighted by Gasteiger charge is -2.10. The van der Waals surface area contributed by atoms with Crippen molar-refractivity contribution in [2.24, 2.45) is 0 Å². The summed E-state index contributed by atoms with van der Waals surface area (Å²) in [4.78, 5) is 0. The van der Waals surface area contributed by atoms with Crippen molar-refractivity contribution in [1.82, 2.24) is 5.32 Å². The highest BCUT2D eigenvalue weighted by Gasteiger charge is 1.99. The predicted molar refractivity (Wildman–Crippen MR) is 74.9 cm³/mol. The average molecular weight is 225 g/mol. The van der Waals surface area contributed by atoms with Gasteiger partial charge < -0.3 is 5.32 Å². The molecule has 0 saturated heterocycles. The van der Waals surface area contributed by atoms with Gasteiger partial charge in [0.2, 0.25) is 0 Å². The van der Waals surface area contributed by atoms with Crippen molar-refractivity contribution < 1.29 is 0 Å². The minimum absolute atomic E-state index is 0.518. The Morgan fingerprint density at radius 3 is 1.88 bits per heavy atom. The predicted octanol–water partition coefficient (Wildman–Crippen LogP) is 4.68. The van der Waals surface area contributed by atoms with E-state index in [-0.39, 0.29) is 0 Å². The van der Waals surface area contributed by atoms with Crippen LogP contribution in [0.5, 0.6) is 0 Å². The molecule has 1 nitrogen and oxygen atoms in total. The SMILES string of the molecule is C=CC(CCCCCCCCCCC)NC. The molecule has 1 atom stereocenters. The summed E-state index contributed by atoms with van der Waals surface area (Å²) in [5.74, 6) is 0. The van der Waals surface area contributed by atoms with Gasteiger partial charge in [-0.15, -0.1) is 6.58 Å². The summed E-state index contributed by atoms with van der Waals surface area (Å²) in [5, 5.41) is 3.26. The zero-order chi connectivity index (χ0) is 12.1. The highest BCUT2D eigenvalue weighted by Crippen LogP contribution is 2.11. The van der Waals surface area contributed by atoms with Crippen LogP contribution >= 0.6 is 0 Å². The highest BCUT2D eigenvalue weighted by molar-refractivity contribution is 4.83. The highest BCUT2D eigenvalue weighted by atomic mass is 14.8. The Morgan fingerprint density at radius 1 is 0.938 bits per heavy atom. The Labute approximate surface area is 103 Å². The zero-order valence-corrected chi connectivity index (χ0v) is 11.4. The first-order chi connectivity index (χ1) is 7.85. The topological polar surface area (TPSA) is 12.0 Å². The molecule has 0 aliphatic heterocycles. The standard InChI is InChI=1S/C15H31N/c1-4-6-7-8-9-10-11-12-13-14-15(5-2)16-3/h5,15-16H,2,4,6-14H2,1,3H3. The molecule has 0 aromatic rings. The molecular weight excluding hydrogens is 194 g/mol. The Balaban J connectivity index is 3.06. The normalized spacial score (nSPS) is 12.6. The quantitative estimate of drug-likeness (QED) is 0.375. The van der Waals surface area contributed by atoms with Crippen molar-refractivity contribution in [3.05, 3.63) is 12.7 Å². The first kappa shape index (κ1) is 15.7. The van der Waals surface area contributed by atoms with Gasteiger partial charge in [-0.2, -0.15) is 0 Å². The number of hydrogen-bond acceptors (Lipinski definition) is 1. The molecule has 0 heterocycles. The maximum Gasteiger partial charge on any atom is 0.0244 e. The molecular formula is C15H31N. The molecule has 0 bridgehead atoms. The van der Waals surface area contributed by atoms with Gasteiger partial charge in [0.25, 0.3) is 0 Å². The molecule has 0 fully saturated rings. The van der Waals surface area contributed by atoms with Crippen LogP contribution in [0, 0.1) is 0 Å². The summed E-state index contributed by atoms with van der Waals surface area (Å²) in [6.45, 7) is 6.10. The molecule has 0 rings (SSSR count). The molecule has 1 N–H and O–H groups in total. The smallest absolute Gasteiger partial charge is 0.0244 e. The van der Waals surface area contributed by atoms with Crippen LogP contribution in [0.15, 0.2) is 12.7 Å². The Kier molecular flexibility index (Phi) is 12.5. The van der Waals surface area contributed by atoms with Crippen LogP contribution in [0.1, 0.15) is 71.1 Å². The summed E-state index contributed by atoms with van der Waals surface area (Å²) in [5.41, 5.74) is 0. The molecule has 0 aliphatic rings. The van der Waals surface area contributed by atoms with E-state index in [9.17, 15) is 0 Å². The van der Waals surface area contributed by atoms with Crippen molar-refractivity contribution in [3.8, 4) is 0 Å². The Morgan fingerprint density at radius 2 is 1.44 bits per heavy atom. The third-order valence-corrected chi connectivity index (χ3v) is 3.27. The van der Waals surface area contributed by atoms with E-state index in [1.807, 2.05) is 13.1 Å². The van der Waals surface area contributed by atoms with Crippen molar-refractivity contribution in [2.45, 2.75) is 77.2 Å². The van der Waals surface area contributed by atoms with E-state index >= 15 is 0 Å². The minimum Gasteiger partial charge on any atom is -0.314 e. The van der Waals surface area contributed by atoms with Crippen molar-refractivity contribution >= 4 is 0 Å². The molecule has 0 radical (unpaired) electrons. The molecule has 0 aromatic carbocycles. The lowest BCUT2D eigenvalue weighted by Crippen LogP contribution is -2.21. The lowest BCUT2D eigenvalue weighted by atomic mass is 10.0. The van der Waals surface area contributed by atoms with E-state index in [2.05, 4.69) is 18.8 Å². The van der Waals surface area contributed by atoms with Crippen LogP contribution in [0.4, 0.5) is 0 Å². The molecule has 0 amide bonds. The van der Waals surface area contributed by atoms with Gasteiger partial charge in [0.15, 0.2) is 0 Å². The van der Waals surface area contributed by atoms with E-state index < -0.39 is 0 Å². The maximum atomic E-state index is 3.83. The van der Waals surface area contributed by atoms with Crippen LogP contribution < -0.4 is 5.32 Å². The number of rotatable bonds is 12. The number of hydrogen-bond donors (Lipinski definition) is 1. The van der Waals surface area contributed by atoms with Crippen LogP contribution in [-0.2, 0) is 0 Å². The molecule has 1 heteroatoms. The van der Waals surface area contributed by atoms with Crippen molar-refractivity contribution in [3.63, 3.8) is 0 Å². The number of likely N-dealkylation sites (N-methyl/N-ethyl adjacent to an activating group) is 1. The molecule has 0 spiro atoms. The first-order valence-corrected chi connectivity index (χ1v) is 7.15. The van der Waals surface area contributed by atoms with E-state index in [4.69, 9.17) is 0 Å². The second-order valence-corrected chi connectivity index (χ2v) is 4.75. The van der Waals surface area contributed by atoms with Gasteiger partial charge in [0, 0.05) is 6.04 Å². The van der Waals surface area contributed by atoms with Crippen molar-refractivity contribution in [1.29, 1.82) is 0 Å². The first-order valence-electron chi connectivity index (χ1n) is 7.15. The maximum absolute atomic E-state index is 3.83. The molecule has 16 heavy (non-hydrogen) atoms. The lowest BCUT2D eigenvalue weighted by molar-refractivity contribution is 0.526. The summed E-state index contributed by atoms with van der Waals surface area (Å²) in [6, 6.07) is 0.518. The van der Waals surface area contributed by atoms with Gasteiger partial charge in [0.1, 0.15) is 0 Å². The summed E-state index contributed by atoms with van der Waals surface area (Å²) >= 11 is 0. The molecule has 0 aliphatic carbocycles. The summed E-state index contributed by atoms with van der Waals surface area (Å²) < 4.78 is 0. The molecule has 0 saturated carbocycles. The molecule has 1 unspecified atom stereocenters. The van der Waals surface area contributed by atoms with Gasteiger partial charge in [0.05, 0.1) is 0 Å². The Bertz CT molecular complexity index is 142. The van der Waals surface area contributed by atoms with Gasteiger partial charge in [-0.3, -0.25) is 0 Å². The second-order valence-electron chi connectivity index (χ2n) is 4.75. The van der Waals surface area contributed by atoms with Gasteiger partial charge >= 0.3 is 0 Å². The number of unbranched alkanes of at least 4 members (excludes halogenated alkanes) is 8. The zero-order valence-electron chi connectivity index (χ0n) is 11.4. The van der Waals surface area contributed by atoms with E-state index in [1.54, 1.807) is 0 Å². The number of nitrogens with one attached hydrogen (secondary N) is 1. The van der Waals surface area contributed by atoms with Crippen LogP contribution in [0.2, 0.25) is 0 Å². The van der Waals surface area contributed by atoms with E-state index in [0.717, 1.165) is 0 Å². The third kappa shape index (κ3) is 10.2. The van der Waals surface area contributed by atoms with Gasteiger partial charge in [-0.05, 0) is 13.5 Å². The van der Waals surface area contributed by atoms with E-state index in [0.29, 0.717) is 6.04 Å². The van der Waals surface area contributed by atoms with Crippen LogP contribution in [0.3, 0.4) is 0 Å².